The maximum atomic E-state index is 13.8. The van der Waals surface area contributed by atoms with Crippen LogP contribution in [0.2, 0.25) is 0 Å². The Balaban J connectivity index is 3.03. The number of hydrogen-bond acceptors (Lipinski definition) is 4. The molecular formula is C13H21FN2O3S. The Hall–Kier alpha value is -1.02. The molecule has 1 aromatic rings. The Morgan fingerprint density at radius 2 is 2.10 bits per heavy atom. The smallest absolute Gasteiger partial charge is 0.245 e. The molecule has 0 bridgehead atoms. The zero-order chi connectivity index (χ0) is 15.2. The van der Waals surface area contributed by atoms with Gasteiger partial charge in [0.1, 0.15) is 10.7 Å². The summed E-state index contributed by atoms with van der Waals surface area (Å²) in [5.74, 6) is -0.741. The molecule has 7 heteroatoms. The van der Waals surface area contributed by atoms with Crippen LogP contribution in [0.15, 0.2) is 23.1 Å². The number of methoxy groups -OCH3 is 1. The number of sulfonamides is 1. The van der Waals surface area contributed by atoms with Crippen molar-refractivity contribution in [2.75, 3.05) is 33.9 Å². The lowest BCUT2D eigenvalue weighted by molar-refractivity contribution is 0.185. The third-order valence-corrected chi connectivity index (χ3v) is 4.75. The fourth-order valence-corrected chi connectivity index (χ4v) is 2.90. The number of hydrogen-bond donors (Lipinski definition) is 1. The van der Waals surface area contributed by atoms with Crippen molar-refractivity contribution in [2.24, 2.45) is 0 Å². The minimum absolute atomic E-state index is 0.176. The van der Waals surface area contributed by atoms with Crippen LogP contribution in [-0.4, -0.2) is 46.6 Å². The third-order valence-electron chi connectivity index (χ3n) is 2.87. The monoisotopic (exact) mass is 304 g/mol. The average Bonchev–Trinajstić information content (AvgIpc) is 2.43. The van der Waals surface area contributed by atoms with Crippen LogP contribution in [0, 0.1) is 5.82 Å². The van der Waals surface area contributed by atoms with Crippen LogP contribution < -0.4 is 5.32 Å². The summed E-state index contributed by atoms with van der Waals surface area (Å²) in [6, 6.07) is 4.13. The molecule has 0 fully saturated rings. The first-order chi connectivity index (χ1) is 9.43. The Morgan fingerprint density at radius 1 is 1.40 bits per heavy atom. The van der Waals surface area contributed by atoms with Crippen LogP contribution in [0.4, 0.5) is 4.39 Å². The molecule has 20 heavy (non-hydrogen) atoms. The van der Waals surface area contributed by atoms with Gasteiger partial charge in [-0.2, -0.15) is 4.31 Å². The van der Waals surface area contributed by atoms with Crippen molar-refractivity contribution in [2.45, 2.75) is 18.4 Å². The van der Waals surface area contributed by atoms with E-state index >= 15 is 0 Å². The van der Waals surface area contributed by atoms with Crippen LogP contribution in [0.3, 0.4) is 0 Å². The number of halogens is 1. The van der Waals surface area contributed by atoms with Crippen LogP contribution >= 0.6 is 0 Å². The maximum Gasteiger partial charge on any atom is 0.245 e. The fourth-order valence-electron chi connectivity index (χ4n) is 1.63. The first-order valence-corrected chi connectivity index (χ1v) is 7.82. The van der Waals surface area contributed by atoms with E-state index in [1.807, 2.05) is 6.92 Å². The molecule has 0 radical (unpaired) electrons. The lowest BCUT2D eigenvalue weighted by Gasteiger charge is -2.17. The highest BCUT2D eigenvalue weighted by atomic mass is 32.2. The summed E-state index contributed by atoms with van der Waals surface area (Å²) in [6.45, 7) is 3.64. The van der Waals surface area contributed by atoms with E-state index in [1.165, 1.54) is 26.3 Å². The minimum Gasteiger partial charge on any atom is -0.383 e. The molecule has 0 aromatic heterocycles. The molecule has 0 amide bonds. The number of rotatable bonds is 8. The van der Waals surface area contributed by atoms with E-state index in [2.05, 4.69) is 5.32 Å². The highest BCUT2D eigenvalue weighted by Crippen LogP contribution is 2.20. The third kappa shape index (κ3) is 4.24. The van der Waals surface area contributed by atoms with E-state index in [0.717, 1.165) is 16.4 Å². The molecule has 0 aliphatic carbocycles. The number of likely N-dealkylation sites (N-methyl/N-ethyl adjacent to an activating group) is 1. The second kappa shape index (κ2) is 7.68. The normalized spacial score (nSPS) is 12.1. The van der Waals surface area contributed by atoms with E-state index in [9.17, 15) is 12.8 Å². The highest BCUT2D eigenvalue weighted by Gasteiger charge is 2.24. The van der Waals surface area contributed by atoms with Crippen LogP contribution in [0.1, 0.15) is 12.5 Å². The summed E-state index contributed by atoms with van der Waals surface area (Å²) in [5, 5.41) is 3.08. The van der Waals surface area contributed by atoms with Crippen LogP contribution in [-0.2, 0) is 21.3 Å². The maximum absolute atomic E-state index is 13.8. The minimum atomic E-state index is -3.84. The van der Waals surface area contributed by atoms with Gasteiger partial charge in [-0.3, -0.25) is 0 Å². The second-order valence-electron chi connectivity index (χ2n) is 4.36. The van der Waals surface area contributed by atoms with Gasteiger partial charge in [0.05, 0.1) is 6.61 Å². The molecule has 1 rings (SSSR count). The van der Waals surface area contributed by atoms with E-state index < -0.39 is 15.8 Å². The van der Waals surface area contributed by atoms with Gasteiger partial charge in [0.25, 0.3) is 0 Å². The Bertz CT molecular complexity index is 534. The first kappa shape index (κ1) is 17.0. The van der Waals surface area contributed by atoms with E-state index in [0.29, 0.717) is 6.54 Å². The van der Waals surface area contributed by atoms with Gasteiger partial charge < -0.3 is 10.1 Å². The summed E-state index contributed by atoms with van der Waals surface area (Å²) >= 11 is 0. The summed E-state index contributed by atoms with van der Waals surface area (Å²) in [6.07, 6.45) is 0. The van der Waals surface area contributed by atoms with E-state index in [-0.39, 0.29) is 18.0 Å². The molecule has 0 atom stereocenters. The number of ether oxygens (including phenoxy) is 1. The van der Waals surface area contributed by atoms with Gasteiger partial charge in [-0.25, -0.2) is 12.8 Å². The molecule has 0 heterocycles. The molecule has 114 valence electrons. The highest BCUT2D eigenvalue weighted by molar-refractivity contribution is 7.89. The van der Waals surface area contributed by atoms with Gasteiger partial charge >= 0.3 is 0 Å². The Labute approximate surface area is 119 Å². The van der Waals surface area contributed by atoms with Gasteiger partial charge in [0.2, 0.25) is 10.0 Å². The van der Waals surface area contributed by atoms with Crippen molar-refractivity contribution in [1.29, 1.82) is 0 Å². The Morgan fingerprint density at radius 3 is 2.70 bits per heavy atom. The van der Waals surface area contributed by atoms with Gasteiger partial charge in [0, 0.05) is 27.2 Å². The van der Waals surface area contributed by atoms with Gasteiger partial charge in [-0.1, -0.05) is 13.0 Å². The standard InChI is InChI=1S/C13H21FN2O3S/c1-4-15-10-11-5-6-12(14)13(9-11)20(17,18)16(2)7-8-19-3/h5-6,9,15H,4,7-8,10H2,1-3H3. The average molecular weight is 304 g/mol. The van der Waals surface area contributed by atoms with Crippen molar-refractivity contribution in [3.8, 4) is 0 Å². The van der Waals surface area contributed by atoms with E-state index in [1.54, 1.807) is 6.07 Å². The topological polar surface area (TPSA) is 58.6 Å². The summed E-state index contributed by atoms with van der Waals surface area (Å²) < 4.78 is 44.3. The van der Waals surface area contributed by atoms with Crippen molar-refractivity contribution in [3.05, 3.63) is 29.6 Å². The van der Waals surface area contributed by atoms with Crippen molar-refractivity contribution in [3.63, 3.8) is 0 Å². The summed E-state index contributed by atoms with van der Waals surface area (Å²) in [7, 11) is -0.947. The number of nitrogens with one attached hydrogen (secondary N) is 1. The quantitative estimate of drug-likeness (QED) is 0.784. The summed E-state index contributed by atoms with van der Waals surface area (Å²) in [5.41, 5.74) is 0.729. The molecule has 5 nitrogen and oxygen atoms in total. The van der Waals surface area contributed by atoms with E-state index in [4.69, 9.17) is 4.74 Å². The number of nitrogens with zero attached hydrogens (tertiary/aromatic N) is 1. The molecule has 0 aliphatic rings. The molecule has 1 N–H and O–H groups in total. The lowest BCUT2D eigenvalue weighted by Crippen LogP contribution is -2.30. The molecule has 0 saturated heterocycles. The predicted molar refractivity (Wildman–Crippen MR) is 75.5 cm³/mol. The molecule has 1 aromatic carbocycles. The lowest BCUT2D eigenvalue weighted by atomic mass is 10.2. The predicted octanol–water partition coefficient (Wildman–Crippen LogP) is 1.20. The largest absolute Gasteiger partial charge is 0.383 e. The van der Waals surface area contributed by atoms with Crippen LogP contribution in [0.25, 0.3) is 0 Å². The zero-order valence-electron chi connectivity index (χ0n) is 12.0. The molecule has 0 spiro atoms. The second-order valence-corrected chi connectivity index (χ2v) is 6.38. The first-order valence-electron chi connectivity index (χ1n) is 6.38. The molecule has 0 saturated carbocycles. The Kier molecular flexibility index (Phi) is 6.54. The molecular weight excluding hydrogens is 283 g/mol. The SMILES string of the molecule is CCNCc1ccc(F)c(S(=O)(=O)N(C)CCOC)c1. The van der Waals surface area contributed by atoms with Crippen molar-refractivity contribution >= 4 is 10.0 Å². The molecule has 0 aliphatic heterocycles. The van der Waals surface area contributed by atoms with Gasteiger partial charge in [-0.05, 0) is 24.2 Å². The zero-order valence-corrected chi connectivity index (χ0v) is 12.8. The van der Waals surface area contributed by atoms with Gasteiger partial charge in [-0.15, -0.1) is 0 Å². The van der Waals surface area contributed by atoms with Crippen molar-refractivity contribution in [1.82, 2.24) is 9.62 Å². The van der Waals surface area contributed by atoms with Crippen molar-refractivity contribution < 1.29 is 17.5 Å². The van der Waals surface area contributed by atoms with Crippen LogP contribution in [0.5, 0.6) is 0 Å². The summed E-state index contributed by atoms with van der Waals surface area (Å²) in [4.78, 5) is -0.300. The molecule has 0 unspecified atom stereocenters. The number of benzene rings is 1. The fraction of sp³-hybridized carbons (Fsp3) is 0.538. The van der Waals surface area contributed by atoms with Gasteiger partial charge in [0.15, 0.2) is 0 Å².